The van der Waals surface area contributed by atoms with Gasteiger partial charge in [0.1, 0.15) is 11.9 Å². The van der Waals surface area contributed by atoms with E-state index in [1.807, 2.05) is 6.07 Å². The molecule has 0 spiro atoms. The van der Waals surface area contributed by atoms with Crippen LogP contribution in [0.4, 0.5) is 0 Å². The lowest BCUT2D eigenvalue weighted by molar-refractivity contribution is 0.101. The Bertz CT molecular complexity index is 764. The van der Waals surface area contributed by atoms with E-state index in [2.05, 4.69) is 56.1 Å². The molecule has 1 N–H and O–H groups in total. The number of pyridine rings is 1. The number of H-pyrrole nitrogens is 1. The fourth-order valence-corrected chi connectivity index (χ4v) is 3.92. The van der Waals surface area contributed by atoms with Gasteiger partial charge in [-0.1, -0.05) is 57.5 Å². The largest absolute Gasteiger partial charge is 0.490 e. The van der Waals surface area contributed by atoms with Gasteiger partial charge in [0.25, 0.3) is 5.56 Å². The number of nitrogens with one attached hydrogen (secondary N) is 1. The minimum Gasteiger partial charge on any atom is -0.490 e. The summed E-state index contributed by atoms with van der Waals surface area (Å²) in [5, 5.41) is 0. The van der Waals surface area contributed by atoms with Gasteiger partial charge >= 0.3 is 0 Å². The van der Waals surface area contributed by atoms with Crippen LogP contribution in [-0.2, 0) is 12.8 Å². The van der Waals surface area contributed by atoms with Gasteiger partial charge in [-0.25, -0.2) is 0 Å². The Morgan fingerprint density at radius 2 is 1.85 bits per heavy atom. The molecule has 1 heterocycles. The summed E-state index contributed by atoms with van der Waals surface area (Å²) >= 11 is 0. The average Bonchev–Trinajstić information content (AvgIpc) is 2.62. The standard InChI is InChI=1S/C23H31NO2/c1-16(2)22-21(26-20-12-8-7-9-17(20)3)15-19(24-23(22)25)14-13-18-10-5-4-6-11-18/h4-6,10-11,15-17,20H,7-9,12-14H2,1-3H3,(H,24,25)/t17-,20+/m0/s1. The van der Waals surface area contributed by atoms with Crippen molar-refractivity contribution in [3.8, 4) is 5.75 Å². The van der Waals surface area contributed by atoms with Crippen LogP contribution in [0, 0.1) is 5.92 Å². The highest BCUT2D eigenvalue weighted by atomic mass is 16.5. The van der Waals surface area contributed by atoms with Crippen molar-refractivity contribution in [3.05, 3.63) is 63.6 Å². The van der Waals surface area contributed by atoms with Gasteiger partial charge in [0.05, 0.1) is 5.56 Å². The molecule has 0 bridgehead atoms. The summed E-state index contributed by atoms with van der Waals surface area (Å²) in [5.41, 5.74) is 3.03. The fourth-order valence-electron chi connectivity index (χ4n) is 3.92. The van der Waals surface area contributed by atoms with Crippen LogP contribution in [0.5, 0.6) is 5.75 Å². The van der Waals surface area contributed by atoms with Gasteiger partial charge in [-0.15, -0.1) is 0 Å². The number of ether oxygens (including phenoxy) is 1. The third kappa shape index (κ3) is 4.57. The summed E-state index contributed by atoms with van der Waals surface area (Å²) in [6.45, 7) is 6.39. The van der Waals surface area contributed by atoms with E-state index >= 15 is 0 Å². The average molecular weight is 354 g/mol. The van der Waals surface area contributed by atoms with E-state index in [0.29, 0.717) is 5.92 Å². The van der Waals surface area contributed by atoms with Crippen molar-refractivity contribution in [2.45, 2.75) is 71.3 Å². The first-order valence-electron chi connectivity index (χ1n) is 10.0. The van der Waals surface area contributed by atoms with Crippen molar-refractivity contribution in [2.24, 2.45) is 5.92 Å². The summed E-state index contributed by atoms with van der Waals surface area (Å²) in [5.74, 6) is 1.50. The zero-order valence-electron chi connectivity index (χ0n) is 16.3. The monoisotopic (exact) mass is 353 g/mol. The van der Waals surface area contributed by atoms with Crippen LogP contribution in [0.15, 0.2) is 41.2 Å². The fraction of sp³-hybridized carbons (Fsp3) is 0.522. The number of rotatable bonds is 6. The summed E-state index contributed by atoms with van der Waals surface area (Å²) in [7, 11) is 0. The Balaban J connectivity index is 1.83. The molecule has 2 atom stereocenters. The first-order chi connectivity index (χ1) is 12.5. The molecule has 0 radical (unpaired) electrons. The van der Waals surface area contributed by atoms with Gasteiger partial charge in [0, 0.05) is 11.8 Å². The second-order valence-corrected chi connectivity index (χ2v) is 7.96. The minimum atomic E-state index is 0.00373. The predicted molar refractivity (Wildman–Crippen MR) is 107 cm³/mol. The lowest BCUT2D eigenvalue weighted by Gasteiger charge is -2.30. The highest BCUT2D eigenvalue weighted by Gasteiger charge is 2.25. The van der Waals surface area contributed by atoms with Crippen molar-refractivity contribution in [3.63, 3.8) is 0 Å². The molecule has 0 aliphatic heterocycles. The molecule has 1 aromatic carbocycles. The molecular weight excluding hydrogens is 322 g/mol. The second-order valence-electron chi connectivity index (χ2n) is 7.96. The van der Waals surface area contributed by atoms with Crippen LogP contribution in [0.1, 0.15) is 69.2 Å². The highest BCUT2D eigenvalue weighted by molar-refractivity contribution is 5.36. The SMILES string of the molecule is CC(C)c1c(O[C@@H]2CCCC[C@@H]2C)cc(CCc2ccccc2)[nH]c1=O. The first-order valence-corrected chi connectivity index (χ1v) is 10.0. The van der Waals surface area contributed by atoms with Crippen LogP contribution in [-0.4, -0.2) is 11.1 Å². The maximum atomic E-state index is 12.7. The molecule has 1 aromatic heterocycles. The van der Waals surface area contributed by atoms with Gasteiger partial charge in [0.2, 0.25) is 0 Å². The van der Waals surface area contributed by atoms with E-state index in [0.717, 1.165) is 36.3 Å². The van der Waals surface area contributed by atoms with Crippen molar-refractivity contribution in [2.75, 3.05) is 0 Å². The molecule has 1 fully saturated rings. The van der Waals surface area contributed by atoms with Crippen LogP contribution in [0.25, 0.3) is 0 Å². The molecule has 1 aliphatic rings. The first kappa shape index (κ1) is 18.8. The quantitative estimate of drug-likeness (QED) is 0.771. The molecule has 140 valence electrons. The zero-order chi connectivity index (χ0) is 18.5. The molecule has 0 amide bonds. The zero-order valence-corrected chi connectivity index (χ0v) is 16.3. The Morgan fingerprint density at radius 1 is 1.12 bits per heavy atom. The Hall–Kier alpha value is -2.03. The van der Waals surface area contributed by atoms with Crippen LogP contribution in [0.2, 0.25) is 0 Å². The number of hydrogen-bond acceptors (Lipinski definition) is 2. The van der Waals surface area contributed by atoms with Gasteiger partial charge in [0.15, 0.2) is 0 Å². The van der Waals surface area contributed by atoms with Gasteiger partial charge in [-0.2, -0.15) is 0 Å². The van der Waals surface area contributed by atoms with E-state index in [4.69, 9.17) is 4.74 Å². The minimum absolute atomic E-state index is 0.00373. The maximum absolute atomic E-state index is 12.7. The molecule has 3 heteroatoms. The highest BCUT2D eigenvalue weighted by Crippen LogP contribution is 2.31. The van der Waals surface area contributed by atoms with E-state index in [1.165, 1.54) is 24.8 Å². The van der Waals surface area contributed by atoms with Gasteiger partial charge in [-0.05, 0) is 49.5 Å². The van der Waals surface area contributed by atoms with Crippen molar-refractivity contribution in [1.29, 1.82) is 0 Å². The smallest absolute Gasteiger partial charge is 0.255 e. The van der Waals surface area contributed by atoms with E-state index < -0.39 is 0 Å². The third-order valence-corrected chi connectivity index (χ3v) is 5.50. The second kappa shape index (κ2) is 8.57. The normalized spacial score (nSPS) is 20.3. The van der Waals surface area contributed by atoms with E-state index in [-0.39, 0.29) is 17.6 Å². The molecule has 3 rings (SSSR count). The number of aromatic nitrogens is 1. The van der Waals surface area contributed by atoms with Gasteiger partial charge in [-0.3, -0.25) is 4.79 Å². The van der Waals surface area contributed by atoms with E-state index in [1.54, 1.807) is 0 Å². The lowest BCUT2D eigenvalue weighted by atomic mass is 9.88. The molecule has 3 nitrogen and oxygen atoms in total. The molecule has 1 aliphatic carbocycles. The number of benzene rings is 1. The van der Waals surface area contributed by atoms with Crippen molar-refractivity contribution < 1.29 is 4.74 Å². The molecule has 0 unspecified atom stereocenters. The molecule has 0 saturated heterocycles. The summed E-state index contributed by atoms with van der Waals surface area (Å²) < 4.78 is 6.41. The summed E-state index contributed by atoms with van der Waals surface area (Å²) in [6.07, 6.45) is 6.76. The van der Waals surface area contributed by atoms with Crippen molar-refractivity contribution >= 4 is 0 Å². The number of aromatic amines is 1. The Kier molecular flexibility index (Phi) is 6.18. The molecule has 1 saturated carbocycles. The predicted octanol–water partition coefficient (Wildman–Crippen LogP) is 5.24. The molecule has 2 aromatic rings. The van der Waals surface area contributed by atoms with Gasteiger partial charge < -0.3 is 9.72 Å². The van der Waals surface area contributed by atoms with Crippen LogP contribution < -0.4 is 10.3 Å². The summed E-state index contributed by atoms with van der Waals surface area (Å²) in [6, 6.07) is 12.5. The van der Waals surface area contributed by atoms with Crippen molar-refractivity contribution in [1.82, 2.24) is 4.98 Å². The molecular formula is C23H31NO2. The topological polar surface area (TPSA) is 42.1 Å². The maximum Gasteiger partial charge on any atom is 0.255 e. The van der Waals surface area contributed by atoms with Crippen LogP contribution >= 0.6 is 0 Å². The Labute approximate surface area is 156 Å². The molecule has 26 heavy (non-hydrogen) atoms. The van der Waals surface area contributed by atoms with E-state index in [9.17, 15) is 4.79 Å². The number of hydrogen-bond donors (Lipinski definition) is 1. The third-order valence-electron chi connectivity index (χ3n) is 5.50. The Morgan fingerprint density at radius 3 is 2.54 bits per heavy atom. The van der Waals surface area contributed by atoms with Crippen LogP contribution in [0.3, 0.4) is 0 Å². The summed E-state index contributed by atoms with van der Waals surface area (Å²) in [4.78, 5) is 15.8. The number of aryl methyl sites for hydroxylation is 2. The lowest BCUT2D eigenvalue weighted by Crippen LogP contribution is -2.30.